The zero-order chi connectivity index (χ0) is 19.1. The van der Waals surface area contributed by atoms with Gasteiger partial charge in [-0.1, -0.05) is 6.08 Å². The minimum Gasteiger partial charge on any atom is -0.497 e. The van der Waals surface area contributed by atoms with Crippen LogP contribution in [0.1, 0.15) is 6.92 Å². The largest absolute Gasteiger partial charge is 0.497 e. The second-order valence-electron chi connectivity index (χ2n) is 5.86. The van der Waals surface area contributed by atoms with E-state index in [-0.39, 0.29) is 19.1 Å². The standard InChI is InChI=1S/C18H25NO7/c1-4-9-24-17-15(19-11(2)20)18(22)26-14(16(17)21)10-25-13-7-5-12(23-3)6-8-13/h4-8,14-18,21-22H,1,9-10H2,2-3H3,(H,19,20)/t14-,15-,16-,17+,18-/m1/s1. The SMILES string of the molecule is C=CCO[C@@H]1[C@H](O)[C@@H](COc2ccc(OC)cc2)O[C@@H](O)[C@@H]1NC(C)=O. The number of amides is 1. The van der Waals surface area contributed by atoms with Gasteiger partial charge in [-0.25, -0.2) is 0 Å². The first kappa shape index (κ1) is 20.2. The van der Waals surface area contributed by atoms with E-state index in [1.807, 2.05) is 0 Å². The minimum absolute atomic E-state index is 0.00863. The van der Waals surface area contributed by atoms with E-state index in [0.29, 0.717) is 11.5 Å². The lowest BCUT2D eigenvalue weighted by molar-refractivity contribution is -0.259. The van der Waals surface area contributed by atoms with Crippen LogP contribution in [0.2, 0.25) is 0 Å². The van der Waals surface area contributed by atoms with Crippen LogP contribution in [0.3, 0.4) is 0 Å². The van der Waals surface area contributed by atoms with E-state index in [1.54, 1.807) is 31.4 Å². The summed E-state index contributed by atoms with van der Waals surface area (Å²) in [6.07, 6.45) is -2.66. The van der Waals surface area contributed by atoms with Gasteiger partial charge in [-0.15, -0.1) is 6.58 Å². The molecule has 0 unspecified atom stereocenters. The summed E-state index contributed by atoms with van der Waals surface area (Å²) in [6, 6.07) is 6.02. The molecule has 144 valence electrons. The number of ether oxygens (including phenoxy) is 4. The topological polar surface area (TPSA) is 106 Å². The minimum atomic E-state index is -1.35. The second kappa shape index (κ2) is 9.54. The zero-order valence-electron chi connectivity index (χ0n) is 14.8. The van der Waals surface area contributed by atoms with Crippen molar-refractivity contribution in [2.75, 3.05) is 20.3 Å². The number of hydrogen-bond acceptors (Lipinski definition) is 7. The molecule has 1 fully saturated rings. The molecule has 1 aromatic carbocycles. The Balaban J connectivity index is 2.03. The third-order valence-electron chi connectivity index (χ3n) is 3.94. The third-order valence-corrected chi connectivity index (χ3v) is 3.94. The average molecular weight is 367 g/mol. The number of aliphatic hydroxyl groups is 2. The summed E-state index contributed by atoms with van der Waals surface area (Å²) in [6.45, 7) is 5.01. The Kier molecular flexibility index (Phi) is 7.40. The van der Waals surface area contributed by atoms with Crippen molar-refractivity contribution in [3.8, 4) is 11.5 Å². The molecule has 8 nitrogen and oxygen atoms in total. The fraction of sp³-hybridized carbons (Fsp3) is 0.500. The molecule has 0 aromatic heterocycles. The van der Waals surface area contributed by atoms with Gasteiger partial charge >= 0.3 is 0 Å². The van der Waals surface area contributed by atoms with Gasteiger partial charge in [-0.3, -0.25) is 4.79 Å². The molecule has 1 heterocycles. The van der Waals surface area contributed by atoms with Crippen molar-refractivity contribution >= 4 is 5.91 Å². The van der Waals surface area contributed by atoms with Gasteiger partial charge in [0.25, 0.3) is 0 Å². The molecule has 1 amide bonds. The third kappa shape index (κ3) is 5.18. The Labute approximate surface area is 152 Å². The fourth-order valence-corrected chi connectivity index (χ4v) is 2.69. The van der Waals surface area contributed by atoms with Crippen LogP contribution in [0.5, 0.6) is 11.5 Å². The second-order valence-corrected chi connectivity index (χ2v) is 5.86. The van der Waals surface area contributed by atoms with E-state index in [1.165, 1.54) is 13.0 Å². The molecule has 3 N–H and O–H groups in total. The quantitative estimate of drug-likeness (QED) is 0.565. The number of rotatable bonds is 8. The van der Waals surface area contributed by atoms with Gasteiger partial charge in [0.05, 0.1) is 13.7 Å². The van der Waals surface area contributed by atoms with Crippen LogP contribution in [-0.2, 0) is 14.3 Å². The fourth-order valence-electron chi connectivity index (χ4n) is 2.69. The molecule has 0 bridgehead atoms. The highest BCUT2D eigenvalue weighted by Gasteiger charge is 2.46. The molecule has 1 aliphatic rings. The van der Waals surface area contributed by atoms with Gasteiger partial charge in [0.2, 0.25) is 5.91 Å². The van der Waals surface area contributed by atoms with Crippen LogP contribution in [0.15, 0.2) is 36.9 Å². The van der Waals surface area contributed by atoms with Crippen LogP contribution >= 0.6 is 0 Å². The number of carbonyl (C=O) groups excluding carboxylic acids is 1. The molecule has 8 heteroatoms. The molecule has 5 atom stereocenters. The molecular formula is C18H25NO7. The van der Waals surface area contributed by atoms with Gasteiger partial charge in [-0.05, 0) is 24.3 Å². The molecule has 26 heavy (non-hydrogen) atoms. The van der Waals surface area contributed by atoms with Gasteiger partial charge in [-0.2, -0.15) is 0 Å². The first-order chi connectivity index (χ1) is 12.5. The lowest BCUT2D eigenvalue weighted by Crippen LogP contribution is -2.65. The van der Waals surface area contributed by atoms with Crippen molar-refractivity contribution in [3.63, 3.8) is 0 Å². The first-order valence-electron chi connectivity index (χ1n) is 8.24. The summed E-state index contributed by atoms with van der Waals surface area (Å²) in [7, 11) is 1.57. The highest BCUT2D eigenvalue weighted by atomic mass is 16.6. The van der Waals surface area contributed by atoms with Gasteiger partial charge in [0.1, 0.15) is 42.5 Å². The number of carbonyl (C=O) groups is 1. The lowest BCUT2D eigenvalue weighted by atomic mass is 9.96. The molecule has 0 spiro atoms. The number of methoxy groups -OCH3 is 1. The Morgan fingerprint density at radius 2 is 1.96 bits per heavy atom. The smallest absolute Gasteiger partial charge is 0.217 e. The zero-order valence-corrected chi connectivity index (χ0v) is 14.8. The molecule has 0 saturated carbocycles. The van der Waals surface area contributed by atoms with Crippen LogP contribution in [0.25, 0.3) is 0 Å². The molecule has 0 aliphatic carbocycles. The summed E-state index contributed by atoms with van der Waals surface area (Å²) in [4.78, 5) is 11.4. The van der Waals surface area contributed by atoms with Crippen molar-refractivity contribution in [3.05, 3.63) is 36.9 Å². The van der Waals surface area contributed by atoms with Crippen LogP contribution in [-0.4, -0.2) is 67.1 Å². The van der Waals surface area contributed by atoms with E-state index in [0.717, 1.165) is 0 Å². The van der Waals surface area contributed by atoms with Crippen molar-refractivity contribution in [1.82, 2.24) is 5.32 Å². The highest BCUT2D eigenvalue weighted by Crippen LogP contribution is 2.24. The Morgan fingerprint density at radius 1 is 1.31 bits per heavy atom. The maximum Gasteiger partial charge on any atom is 0.217 e. The maximum atomic E-state index is 11.4. The normalized spacial score (nSPS) is 28.2. The Hall–Kier alpha value is -2.13. The average Bonchev–Trinajstić information content (AvgIpc) is 2.63. The van der Waals surface area contributed by atoms with Crippen LogP contribution in [0.4, 0.5) is 0 Å². The first-order valence-corrected chi connectivity index (χ1v) is 8.24. The summed E-state index contributed by atoms with van der Waals surface area (Å²) in [5.41, 5.74) is 0. The summed E-state index contributed by atoms with van der Waals surface area (Å²) >= 11 is 0. The monoisotopic (exact) mass is 367 g/mol. The Morgan fingerprint density at radius 3 is 2.54 bits per heavy atom. The molecule has 1 aliphatic heterocycles. The lowest BCUT2D eigenvalue weighted by Gasteiger charge is -2.42. The van der Waals surface area contributed by atoms with Gasteiger partial charge in [0.15, 0.2) is 6.29 Å². The molecule has 1 saturated heterocycles. The Bertz CT molecular complexity index is 592. The predicted molar refractivity (Wildman–Crippen MR) is 92.9 cm³/mol. The van der Waals surface area contributed by atoms with E-state index in [4.69, 9.17) is 18.9 Å². The van der Waals surface area contributed by atoms with E-state index >= 15 is 0 Å². The number of hydrogen-bond donors (Lipinski definition) is 3. The van der Waals surface area contributed by atoms with E-state index in [2.05, 4.69) is 11.9 Å². The maximum absolute atomic E-state index is 11.4. The van der Waals surface area contributed by atoms with Crippen molar-refractivity contribution in [1.29, 1.82) is 0 Å². The predicted octanol–water partition coefficient (Wildman–Crippen LogP) is 0.228. The highest BCUT2D eigenvalue weighted by molar-refractivity contribution is 5.73. The van der Waals surface area contributed by atoms with E-state index in [9.17, 15) is 15.0 Å². The number of benzene rings is 1. The molecular weight excluding hydrogens is 342 g/mol. The van der Waals surface area contributed by atoms with Crippen LogP contribution < -0.4 is 14.8 Å². The van der Waals surface area contributed by atoms with Crippen LogP contribution in [0, 0.1) is 0 Å². The van der Waals surface area contributed by atoms with Crippen molar-refractivity contribution in [2.24, 2.45) is 0 Å². The van der Waals surface area contributed by atoms with Gasteiger partial charge < -0.3 is 34.5 Å². The number of nitrogens with one attached hydrogen (secondary N) is 1. The van der Waals surface area contributed by atoms with Crippen molar-refractivity contribution < 1.29 is 34.0 Å². The molecule has 0 radical (unpaired) electrons. The molecule has 2 rings (SSSR count). The summed E-state index contributed by atoms with van der Waals surface area (Å²) in [5, 5.41) is 23.3. The number of aliphatic hydroxyl groups excluding tert-OH is 2. The summed E-state index contributed by atoms with van der Waals surface area (Å²) in [5.74, 6) is 0.881. The van der Waals surface area contributed by atoms with E-state index < -0.39 is 30.6 Å². The molecule has 1 aromatic rings. The van der Waals surface area contributed by atoms with Crippen molar-refractivity contribution in [2.45, 2.75) is 37.6 Å². The summed E-state index contributed by atoms with van der Waals surface area (Å²) < 4.78 is 21.7. The van der Waals surface area contributed by atoms with Gasteiger partial charge in [0, 0.05) is 6.92 Å².